The van der Waals surface area contributed by atoms with Crippen molar-refractivity contribution in [1.82, 2.24) is 20.9 Å². The summed E-state index contributed by atoms with van der Waals surface area (Å²) in [4.78, 5) is 66.4. The molecule has 10 N–H and O–H groups in total. The normalized spacial score (nSPS) is 13.9. The molecule has 13 heteroatoms. The average molecular weight is 609 g/mol. The molecule has 0 aliphatic heterocycles. The maximum absolute atomic E-state index is 13.6. The van der Waals surface area contributed by atoms with Gasteiger partial charge in [-0.15, -0.1) is 0 Å². The molecule has 0 radical (unpaired) electrons. The summed E-state index contributed by atoms with van der Waals surface area (Å²) >= 11 is 0. The molecule has 0 saturated heterocycles. The lowest BCUT2D eigenvalue weighted by molar-refractivity contribution is -0.143. The van der Waals surface area contributed by atoms with E-state index in [1.807, 2.05) is 24.3 Å². The number of para-hydroxylation sites is 1. The quantitative estimate of drug-likeness (QED) is 0.116. The van der Waals surface area contributed by atoms with Gasteiger partial charge in [-0.2, -0.15) is 0 Å². The van der Waals surface area contributed by atoms with Gasteiger partial charge in [0.05, 0.1) is 6.04 Å². The fourth-order valence-electron chi connectivity index (χ4n) is 4.78. The second-order valence-electron chi connectivity index (χ2n) is 11.2. The third-order valence-electron chi connectivity index (χ3n) is 7.09. The van der Waals surface area contributed by atoms with Crippen LogP contribution in [0, 0.1) is 5.92 Å². The number of hydrogen-bond donors (Lipinski definition) is 8. The van der Waals surface area contributed by atoms with Crippen molar-refractivity contribution in [3.63, 3.8) is 0 Å². The van der Waals surface area contributed by atoms with Crippen LogP contribution in [0.1, 0.15) is 44.2 Å². The lowest BCUT2D eigenvalue weighted by Gasteiger charge is -2.25. The summed E-state index contributed by atoms with van der Waals surface area (Å²) in [6.07, 6.45) is 1.62. The van der Waals surface area contributed by atoms with Gasteiger partial charge in [0.25, 0.3) is 0 Å². The van der Waals surface area contributed by atoms with Gasteiger partial charge in [0.1, 0.15) is 23.9 Å². The van der Waals surface area contributed by atoms with Crippen LogP contribution in [0.5, 0.6) is 5.75 Å². The highest BCUT2D eigenvalue weighted by Crippen LogP contribution is 2.19. The summed E-state index contributed by atoms with van der Waals surface area (Å²) in [6, 6.07) is 8.80. The number of nitrogens with two attached hydrogens (primary N) is 2. The predicted molar refractivity (Wildman–Crippen MR) is 163 cm³/mol. The standard InChI is InChI=1S/C31H40N6O7/c1-17(2)13-26(31(43)44)37-29(41)24(11-12-27(33)39)35-30(42)25(14-18-7-9-20(38)10-8-18)36-28(40)22(32)15-19-16-34-23-6-4-3-5-21(19)23/h3-10,16-17,22,24-26,34,38H,11-15,32H2,1-2H3,(H2,33,39)(H,35,42)(H,36,40)(H,37,41)(H,43,44). The van der Waals surface area contributed by atoms with Gasteiger partial charge in [-0.25, -0.2) is 4.79 Å². The van der Waals surface area contributed by atoms with Gasteiger partial charge in [0, 0.05) is 29.9 Å². The molecular weight excluding hydrogens is 568 g/mol. The highest BCUT2D eigenvalue weighted by atomic mass is 16.4. The monoisotopic (exact) mass is 608 g/mol. The Hall–Kier alpha value is -4.91. The van der Waals surface area contributed by atoms with Gasteiger partial charge >= 0.3 is 5.97 Å². The van der Waals surface area contributed by atoms with E-state index in [0.29, 0.717) is 5.56 Å². The Bertz CT molecular complexity index is 1470. The predicted octanol–water partition coefficient (Wildman–Crippen LogP) is 0.837. The number of nitrogens with one attached hydrogen (secondary N) is 4. The molecule has 4 atom stereocenters. The lowest BCUT2D eigenvalue weighted by atomic mass is 10.0. The van der Waals surface area contributed by atoms with Crippen LogP contribution < -0.4 is 27.4 Å². The molecule has 0 bridgehead atoms. The number of aromatic nitrogens is 1. The van der Waals surface area contributed by atoms with Crippen LogP contribution in [-0.4, -0.2) is 69.0 Å². The number of primary amides is 1. The molecule has 236 valence electrons. The number of H-pyrrole nitrogens is 1. The van der Waals surface area contributed by atoms with Crippen molar-refractivity contribution in [2.45, 2.75) is 70.1 Å². The Kier molecular flexibility index (Phi) is 11.9. The van der Waals surface area contributed by atoms with Gasteiger partial charge in [0.2, 0.25) is 23.6 Å². The molecular formula is C31H40N6O7. The summed E-state index contributed by atoms with van der Waals surface area (Å²) in [7, 11) is 0. The summed E-state index contributed by atoms with van der Waals surface area (Å²) in [5, 5.41) is 27.8. The van der Waals surface area contributed by atoms with Crippen LogP contribution in [0.3, 0.4) is 0 Å². The average Bonchev–Trinajstić information content (AvgIpc) is 3.37. The van der Waals surface area contributed by atoms with Crippen molar-refractivity contribution < 1.29 is 34.2 Å². The number of phenolic OH excluding ortho intramolecular Hbond substituents is 1. The lowest BCUT2D eigenvalue weighted by Crippen LogP contribution is -2.58. The zero-order chi connectivity index (χ0) is 32.4. The minimum absolute atomic E-state index is 0.0112. The third-order valence-corrected chi connectivity index (χ3v) is 7.09. The fraction of sp³-hybridized carbons (Fsp3) is 0.387. The molecule has 3 rings (SSSR count). The van der Waals surface area contributed by atoms with Gasteiger partial charge in [-0.05, 0) is 54.5 Å². The van der Waals surface area contributed by atoms with Gasteiger partial charge in [-0.3, -0.25) is 19.2 Å². The Morgan fingerprint density at radius 3 is 2.09 bits per heavy atom. The number of phenols is 1. The first-order valence-corrected chi connectivity index (χ1v) is 14.3. The first-order valence-electron chi connectivity index (χ1n) is 14.3. The molecule has 4 unspecified atom stereocenters. The largest absolute Gasteiger partial charge is 0.508 e. The molecule has 1 heterocycles. The van der Waals surface area contributed by atoms with E-state index in [1.165, 1.54) is 12.1 Å². The number of carboxylic acids is 1. The molecule has 1 aromatic heterocycles. The van der Waals surface area contributed by atoms with E-state index in [1.54, 1.807) is 32.2 Å². The number of rotatable bonds is 16. The number of carboxylic acid groups (broad SMARTS) is 1. The van der Waals surface area contributed by atoms with Crippen molar-refractivity contribution in [3.05, 3.63) is 65.9 Å². The molecule has 2 aromatic carbocycles. The Morgan fingerprint density at radius 1 is 0.841 bits per heavy atom. The number of hydrogen-bond acceptors (Lipinski definition) is 7. The summed E-state index contributed by atoms with van der Waals surface area (Å²) in [6.45, 7) is 3.60. The van der Waals surface area contributed by atoms with Crippen LogP contribution in [-0.2, 0) is 36.8 Å². The fourth-order valence-corrected chi connectivity index (χ4v) is 4.78. The van der Waals surface area contributed by atoms with Gasteiger partial charge in [0.15, 0.2) is 0 Å². The molecule has 0 fully saturated rings. The summed E-state index contributed by atoms with van der Waals surface area (Å²) in [5.74, 6) is -4.18. The maximum atomic E-state index is 13.6. The molecule has 0 aliphatic rings. The first kappa shape index (κ1) is 33.6. The smallest absolute Gasteiger partial charge is 0.326 e. The van der Waals surface area contributed by atoms with Gasteiger partial charge in [-0.1, -0.05) is 44.2 Å². The molecule has 4 amide bonds. The molecule has 3 aromatic rings. The number of carbonyl (C=O) groups is 5. The van der Waals surface area contributed by atoms with E-state index in [9.17, 15) is 34.2 Å². The minimum Gasteiger partial charge on any atom is -0.508 e. The van der Waals surface area contributed by atoms with Crippen LogP contribution in [0.4, 0.5) is 0 Å². The zero-order valence-electron chi connectivity index (χ0n) is 24.7. The van der Waals surface area contributed by atoms with Gasteiger partial charge < -0.3 is 42.6 Å². The van der Waals surface area contributed by atoms with Crippen molar-refractivity contribution >= 4 is 40.5 Å². The highest BCUT2D eigenvalue weighted by molar-refractivity contribution is 5.95. The Morgan fingerprint density at radius 2 is 1.45 bits per heavy atom. The van der Waals surface area contributed by atoms with Crippen molar-refractivity contribution in [2.24, 2.45) is 17.4 Å². The third kappa shape index (κ3) is 9.83. The maximum Gasteiger partial charge on any atom is 0.326 e. The molecule has 44 heavy (non-hydrogen) atoms. The number of amides is 4. The molecule has 0 saturated carbocycles. The highest BCUT2D eigenvalue weighted by Gasteiger charge is 2.31. The van der Waals surface area contributed by atoms with E-state index < -0.39 is 53.8 Å². The zero-order valence-corrected chi connectivity index (χ0v) is 24.7. The van der Waals surface area contributed by atoms with Crippen molar-refractivity contribution in [2.75, 3.05) is 0 Å². The second kappa shape index (κ2) is 15.5. The SMILES string of the molecule is CC(C)CC(NC(=O)C(CCC(N)=O)NC(=O)C(Cc1ccc(O)cc1)NC(=O)C(N)Cc1c[nH]c2ccccc12)C(=O)O. The van der Waals surface area contributed by atoms with Crippen molar-refractivity contribution in [1.29, 1.82) is 0 Å². The summed E-state index contributed by atoms with van der Waals surface area (Å²) < 4.78 is 0. The number of carbonyl (C=O) groups excluding carboxylic acids is 4. The molecule has 13 nitrogen and oxygen atoms in total. The minimum atomic E-state index is -1.32. The number of aromatic amines is 1. The van der Waals surface area contributed by atoms with Crippen molar-refractivity contribution in [3.8, 4) is 5.75 Å². The van der Waals surface area contributed by atoms with Crippen LogP contribution in [0.15, 0.2) is 54.7 Å². The van der Waals surface area contributed by atoms with Crippen LogP contribution >= 0.6 is 0 Å². The van der Waals surface area contributed by atoms with E-state index >= 15 is 0 Å². The topological polar surface area (TPSA) is 230 Å². The Balaban J connectivity index is 1.80. The molecule has 0 spiro atoms. The number of aliphatic carboxylic acids is 1. The second-order valence-corrected chi connectivity index (χ2v) is 11.2. The number of benzene rings is 2. The number of aromatic hydroxyl groups is 1. The van der Waals surface area contributed by atoms with E-state index in [-0.39, 0.29) is 43.8 Å². The number of fused-ring (bicyclic) bond motifs is 1. The van der Waals surface area contributed by atoms with E-state index in [0.717, 1.165) is 16.5 Å². The van der Waals surface area contributed by atoms with Crippen LogP contribution in [0.25, 0.3) is 10.9 Å². The van der Waals surface area contributed by atoms with E-state index in [4.69, 9.17) is 11.5 Å². The van der Waals surface area contributed by atoms with E-state index in [2.05, 4.69) is 20.9 Å². The Labute approximate surface area is 254 Å². The summed E-state index contributed by atoms with van der Waals surface area (Å²) in [5.41, 5.74) is 13.8. The van der Waals surface area contributed by atoms with Crippen LogP contribution in [0.2, 0.25) is 0 Å². The molecule has 0 aliphatic carbocycles. The first-order chi connectivity index (χ1) is 20.8.